The maximum Gasteiger partial charge on any atom is 0.340 e. The molecule has 0 atom stereocenters. The average Bonchev–Trinajstić information content (AvgIpc) is 2.92. The minimum absolute atomic E-state index is 0.0261. The first-order chi connectivity index (χ1) is 11.8. The number of benzene rings is 1. The Bertz CT molecular complexity index is 1020. The number of furan rings is 1. The first-order valence-electron chi connectivity index (χ1n) is 8.50. The molecule has 25 heavy (non-hydrogen) atoms. The van der Waals surface area contributed by atoms with Crippen LogP contribution in [0.3, 0.4) is 0 Å². The van der Waals surface area contributed by atoms with Crippen molar-refractivity contribution in [3.63, 3.8) is 0 Å². The van der Waals surface area contributed by atoms with Crippen LogP contribution >= 0.6 is 0 Å². The summed E-state index contributed by atoms with van der Waals surface area (Å²) in [7, 11) is 0. The lowest BCUT2D eigenvalue weighted by Gasteiger charge is -2.11. The number of amides is 1. The number of fused-ring (bicyclic) bond motifs is 2. The Balaban J connectivity index is 2.12. The zero-order valence-electron chi connectivity index (χ0n) is 15.3. The summed E-state index contributed by atoms with van der Waals surface area (Å²) in [6.45, 7) is 10.4. The second kappa shape index (κ2) is 6.39. The highest BCUT2D eigenvalue weighted by Crippen LogP contribution is 2.32. The number of hydrogen-bond acceptors (Lipinski definition) is 4. The summed E-state index contributed by atoms with van der Waals surface area (Å²) in [6.07, 6.45) is 1.72. The Kier molecular flexibility index (Phi) is 4.41. The van der Waals surface area contributed by atoms with Crippen molar-refractivity contribution in [3.05, 3.63) is 45.0 Å². The molecule has 0 radical (unpaired) electrons. The summed E-state index contributed by atoms with van der Waals surface area (Å²) < 4.78 is 11.1. The van der Waals surface area contributed by atoms with Crippen LogP contribution in [-0.2, 0) is 11.2 Å². The molecular weight excluding hydrogens is 318 g/mol. The smallest absolute Gasteiger partial charge is 0.340 e. The fourth-order valence-electron chi connectivity index (χ4n) is 3.06. The van der Waals surface area contributed by atoms with E-state index < -0.39 is 5.63 Å². The van der Waals surface area contributed by atoms with E-state index in [9.17, 15) is 9.59 Å². The van der Waals surface area contributed by atoms with Crippen LogP contribution < -0.4 is 10.9 Å². The van der Waals surface area contributed by atoms with Crippen LogP contribution in [0.15, 0.2) is 26.0 Å². The molecule has 0 aliphatic rings. The number of hydrogen-bond donors (Lipinski definition) is 1. The van der Waals surface area contributed by atoms with E-state index in [4.69, 9.17) is 8.83 Å². The number of aryl methyl sites for hydroxylation is 3. The summed E-state index contributed by atoms with van der Waals surface area (Å²) in [6, 6.07) is 1.98. The molecule has 0 aliphatic heterocycles. The molecular formula is C20H23NO4. The zero-order valence-corrected chi connectivity index (χ0v) is 15.3. The van der Waals surface area contributed by atoms with Crippen LogP contribution in [0.1, 0.15) is 36.1 Å². The van der Waals surface area contributed by atoms with Crippen molar-refractivity contribution in [2.24, 2.45) is 5.92 Å². The maximum atomic E-state index is 12.4. The molecule has 1 amide bonds. The van der Waals surface area contributed by atoms with Crippen molar-refractivity contribution < 1.29 is 13.6 Å². The first-order valence-corrected chi connectivity index (χ1v) is 8.50. The van der Waals surface area contributed by atoms with Crippen molar-refractivity contribution in [2.45, 2.75) is 41.0 Å². The van der Waals surface area contributed by atoms with E-state index in [-0.39, 0.29) is 12.3 Å². The van der Waals surface area contributed by atoms with Crippen LogP contribution in [0, 0.1) is 26.7 Å². The molecule has 1 N–H and O–H groups in total. The Hall–Kier alpha value is -2.56. The Morgan fingerprint density at radius 1 is 1.12 bits per heavy atom. The third-order valence-electron chi connectivity index (χ3n) is 4.58. The highest BCUT2D eigenvalue weighted by Gasteiger charge is 2.19. The highest BCUT2D eigenvalue weighted by molar-refractivity contribution is 6.00. The SMILES string of the molecule is Cc1coc2c(C)c3oc(=O)c(CC(=O)NCC(C)C)c(C)c3cc12. The molecule has 1 aromatic carbocycles. The Morgan fingerprint density at radius 3 is 2.52 bits per heavy atom. The normalized spacial score (nSPS) is 11.6. The van der Waals surface area contributed by atoms with Crippen LogP contribution in [0.25, 0.3) is 21.9 Å². The summed E-state index contributed by atoms with van der Waals surface area (Å²) in [5.41, 5.74) is 3.82. The molecule has 132 valence electrons. The van der Waals surface area contributed by atoms with Gasteiger partial charge in [-0.05, 0) is 43.9 Å². The molecule has 3 rings (SSSR count). The number of nitrogens with one attached hydrogen (secondary N) is 1. The van der Waals surface area contributed by atoms with E-state index in [1.807, 2.05) is 40.7 Å². The average molecular weight is 341 g/mol. The molecule has 0 aliphatic carbocycles. The molecule has 0 bridgehead atoms. The van der Waals surface area contributed by atoms with Gasteiger partial charge in [-0.3, -0.25) is 4.79 Å². The van der Waals surface area contributed by atoms with E-state index >= 15 is 0 Å². The second-order valence-corrected chi connectivity index (χ2v) is 7.04. The van der Waals surface area contributed by atoms with Gasteiger partial charge in [-0.25, -0.2) is 4.79 Å². The molecule has 2 heterocycles. The maximum absolute atomic E-state index is 12.4. The van der Waals surface area contributed by atoms with Gasteiger partial charge in [0, 0.05) is 22.9 Å². The van der Waals surface area contributed by atoms with E-state index in [1.54, 1.807) is 6.26 Å². The van der Waals surface area contributed by atoms with Crippen molar-refractivity contribution in [3.8, 4) is 0 Å². The molecule has 0 unspecified atom stereocenters. The van der Waals surface area contributed by atoms with Crippen LogP contribution in [0.4, 0.5) is 0 Å². The highest BCUT2D eigenvalue weighted by atomic mass is 16.4. The number of carbonyl (C=O) groups is 1. The first kappa shape index (κ1) is 17.3. The summed E-state index contributed by atoms with van der Waals surface area (Å²) in [5, 5.41) is 4.69. The van der Waals surface area contributed by atoms with Gasteiger partial charge in [0.1, 0.15) is 11.2 Å². The van der Waals surface area contributed by atoms with Crippen LogP contribution in [-0.4, -0.2) is 12.5 Å². The minimum atomic E-state index is -0.463. The summed E-state index contributed by atoms with van der Waals surface area (Å²) in [4.78, 5) is 24.6. The van der Waals surface area contributed by atoms with Gasteiger partial charge in [-0.2, -0.15) is 0 Å². The summed E-state index contributed by atoms with van der Waals surface area (Å²) in [5.74, 6) is 0.193. The third-order valence-corrected chi connectivity index (χ3v) is 4.58. The number of carbonyl (C=O) groups excluding carboxylic acids is 1. The topological polar surface area (TPSA) is 72.5 Å². The molecule has 0 fully saturated rings. The molecule has 3 aromatic rings. The van der Waals surface area contributed by atoms with Gasteiger partial charge < -0.3 is 14.2 Å². The standard InChI is InChI=1S/C20H23NO4/c1-10(2)8-21-17(22)7-16-12(4)15-6-14-11(3)9-24-18(14)13(5)19(15)25-20(16)23/h6,9-10H,7-8H2,1-5H3,(H,21,22). The quantitative estimate of drug-likeness (QED) is 0.733. The monoisotopic (exact) mass is 341 g/mol. The molecule has 0 saturated carbocycles. The van der Waals surface area contributed by atoms with Gasteiger partial charge in [0.2, 0.25) is 5.91 Å². The molecule has 0 saturated heterocycles. The van der Waals surface area contributed by atoms with Gasteiger partial charge in [0.25, 0.3) is 0 Å². The summed E-state index contributed by atoms with van der Waals surface area (Å²) >= 11 is 0. The van der Waals surface area contributed by atoms with Gasteiger partial charge in [0.15, 0.2) is 0 Å². The Morgan fingerprint density at radius 2 is 1.84 bits per heavy atom. The molecule has 5 heteroatoms. The number of rotatable bonds is 4. The van der Waals surface area contributed by atoms with E-state index in [0.29, 0.717) is 23.6 Å². The van der Waals surface area contributed by atoms with E-state index in [0.717, 1.165) is 33.0 Å². The molecule has 2 aromatic heterocycles. The van der Waals surface area contributed by atoms with Crippen LogP contribution in [0.2, 0.25) is 0 Å². The lowest BCUT2D eigenvalue weighted by atomic mass is 9.99. The van der Waals surface area contributed by atoms with Gasteiger partial charge in [-0.1, -0.05) is 13.8 Å². The predicted molar refractivity (Wildman–Crippen MR) is 98.0 cm³/mol. The van der Waals surface area contributed by atoms with Gasteiger partial charge >= 0.3 is 5.63 Å². The lowest BCUT2D eigenvalue weighted by molar-refractivity contribution is -0.120. The molecule has 0 spiro atoms. The van der Waals surface area contributed by atoms with E-state index in [2.05, 4.69) is 5.32 Å². The lowest BCUT2D eigenvalue weighted by Crippen LogP contribution is -2.30. The largest absolute Gasteiger partial charge is 0.464 e. The third kappa shape index (κ3) is 3.06. The van der Waals surface area contributed by atoms with Crippen molar-refractivity contribution in [1.82, 2.24) is 5.32 Å². The van der Waals surface area contributed by atoms with E-state index in [1.165, 1.54) is 0 Å². The fourth-order valence-corrected chi connectivity index (χ4v) is 3.06. The van der Waals surface area contributed by atoms with Crippen molar-refractivity contribution in [2.75, 3.05) is 6.54 Å². The van der Waals surface area contributed by atoms with Gasteiger partial charge in [0.05, 0.1) is 18.2 Å². The fraction of sp³-hybridized carbons (Fsp3) is 0.400. The van der Waals surface area contributed by atoms with Crippen LogP contribution in [0.5, 0.6) is 0 Å². The molecule has 5 nitrogen and oxygen atoms in total. The Labute approximate surface area is 146 Å². The minimum Gasteiger partial charge on any atom is -0.464 e. The van der Waals surface area contributed by atoms with Crippen molar-refractivity contribution >= 4 is 27.8 Å². The predicted octanol–water partition coefficient (Wildman–Crippen LogP) is 3.78. The van der Waals surface area contributed by atoms with Crippen molar-refractivity contribution in [1.29, 1.82) is 0 Å². The zero-order chi connectivity index (χ0) is 18.3. The van der Waals surface area contributed by atoms with Gasteiger partial charge in [-0.15, -0.1) is 0 Å². The second-order valence-electron chi connectivity index (χ2n) is 7.04.